The quantitative estimate of drug-likeness (QED) is 0.660. The number of carboxylic acid groups (broad SMARTS) is 1. The fourth-order valence-corrected chi connectivity index (χ4v) is 2.51. The number of hydrogen-bond donors (Lipinski definition) is 3. The molecule has 7 nitrogen and oxygen atoms in total. The van der Waals surface area contributed by atoms with E-state index in [-0.39, 0.29) is 18.5 Å². The molecular weight excluding hydrogens is 262 g/mol. The van der Waals surface area contributed by atoms with Crippen molar-refractivity contribution in [2.24, 2.45) is 11.7 Å². The SMILES string of the molecule is CC(C)C(NC(=O)N(CC(=O)O)C1CCCC1)C(N)=O. The van der Waals surface area contributed by atoms with E-state index in [0.717, 1.165) is 25.7 Å². The van der Waals surface area contributed by atoms with Gasteiger partial charge in [-0.15, -0.1) is 0 Å². The van der Waals surface area contributed by atoms with Crippen molar-refractivity contribution in [2.75, 3.05) is 6.54 Å². The van der Waals surface area contributed by atoms with Gasteiger partial charge < -0.3 is 21.1 Å². The van der Waals surface area contributed by atoms with Crippen LogP contribution in [0.4, 0.5) is 4.79 Å². The fraction of sp³-hybridized carbons (Fsp3) is 0.769. The van der Waals surface area contributed by atoms with Crippen molar-refractivity contribution in [3.63, 3.8) is 0 Å². The summed E-state index contributed by atoms with van der Waals surface area (Å²) in [7, 11) is 0. The number of rotatable bonds is 6. The summed E-state index contributed by atoms with van der Waals surface area (Å²) in [6, 6.07) is -1.40. The molecule has 0 aromatic rings. The molecule has 1 fully saturated rings. The van der Waals surface area contributed by atoms with Crippen molar-refractivity contribution in [1.82, 2.24) is 10.2 Å². The average Bonchev–Trinajstić information content (AvgIpc) is 2.85. The first-order chi connectivity index (χ1) is 9.32. The summed E-state index contributed by atoms with van der Waals surface area (Å²) in [6.45, 7) is 3.18. The van der Waals surface area contributed by atoms with Crippen LogP contribution in [0.15, 0.2) is 0 Å². The van der Waals surface area contributed by atoms with E-state index < -0.39 is 23.9 Å². The molecule has 1 atom stereocenters. The van der Waals surface area contributed by atoms with Crippen molar-refractivity contribution in [2.45, 2.75) is 51.6 Å². The topological polar surface area (TPSA) is 113 Å². The van der Waals surface area contributed by atoms with Crippen molar-refractivity contribution in [1.29, 1.82) is 0 Å². The van der Waals surface area contributed by atoms with Crippen LogP contribution in [0.5, 0.6) is 0 Å². The van der Waals surface area contributed by atoms with Crippen molar-refractivity contribution in [3.05, 3.63) is 0 Å². The lowest BCUT2D eigenvalue weighted by Gasteiger charge is -2.30. The lowest BCUT2D eigenvalue weighted by Crippen LogP contribution is -2.55. The van der Waals surface area contributed by atoms with Gasteiger partial charge >= 0.3 is 12.0 Å². The monoisotopic (exact) mass is 285 g/mol. The zero-order valence-electron chi connectivity index (χ0n) is 12.0. The average molecular weight is 285 g/mol. The third-order valence-electron chi connectivity index (χ3n) is 3.58. The highest BCUT2D eigenvalue weighted by atomic mass is 16.4. The van der Waals surface area contributed by atoms with Crippen LogP contribution in [-0.4, -0.2) is 46.5 Å². The third kappa shape index (κ3) is 4.40. The van der Waals surface area contributed by atoms with Gasteiger partial charge in [0.25, 0.3) is 0 Å². The van der Waals surface area contributed by atoms with Crippen LogP contribution in [-0.2, 0) is 9.59 Å². The summed E-state index contributed by atoms with van der Waals surface area (Å²) in [5, 5.41) is 11.5. The van der Waals surface area contributed by atoms with E-state index in [1.807, 2.05) is 0 Å². The van der Waals surface area contributed by atoms with Gasteiger partial charge in [0, 0.05) is 6.04 Å². The van der Waals surface area contributed by atoms with Crippen LogP contribution in [0.2, 0.25) is 0 Å². The fourth-order valence-electron chi connectivity index (χ4n) is 2.51. The Kier molecular flexibility index (Phi) is 5.79. The lowest BCUT2D eigenvalue weighted by molar-refractivity contribution is -0.138. The van der Waals surface area contributed by atoms with Gasteiger partial charge in [0.1, 0.15) is 12.6 Å². The minimum atomic E-state index is -1.06. The first-order valence-electron chi connectivity index (χ1n) is 6.91. The summed E-state index contributed by atoms with van der Waals surface area (Å²) in [5.74, 6) is -1.83. The molecule has 0 aromatic carbocycles. The molecule has 0 radical (unpaired) electrons. The minimum Gasteiger partial charge on any atom is -0.480 e. The molecule has 0 heterocycles. The Balaban J connectivity index is 2.76. The molecule has 114 valence electrons. The van der Waals surface area contributed by atoms with Crippen LogP contribution in [0, 0.1) is 5.92 Å². The molecule has 3 amide bonds. The Labute approximate surface area is 118 Å². The Hall–Kier alpha value is -1.79. The number of nitrogens with zero attached hydrogens (tertiary/aromatic N) is 1. The highest BCUT2D eigenvalue weighted by molar-refractivity contribution is 5.87. The summed E-state index contributed by atoms with van der Waals surface area (Å²) >= 11 is 0. The van der Waals surface area contributed by atoms with Crippen molar-refractivity contribution in [3.8, 4) is 0 Å². The summed E-state index contributed by atoms with van der Waals surface area (Å²) < 4.78 is 0. The van der Waals surface area contributed by atoms with Crippen molar-refractivity contribution < 1.29 is 19.5 Å². The molecule has 1 saturated carbocycles. The smallest absolute Gasteiger partial charge is 0.323 e. The van der Waals surface area contributed by atoms with Crippen LogP contribution >= 0.6 is 0 Å². The number of hydrogen-bond acceptors (Lipinski definition) is 3. The highest BCUT2D eigenvalue weighted by Crippen LogP contribution is 2.23. The molecule has 20 heavy (non-hydrogen) atoms. The molecule has 0 aromatic heterocycles. The number of nitrogens with two attached hydrogens (primary N) is 1. The summed E-state index contributed by atoms with van der Waals surface area (Å²) in [5.41, 5.74) is 5.25. The van der Waals surface area contributed by atoms with E-state index in [9.17, 15) is 14.4 Å². The van der Waals surface area contributed by atoms with E-state index in [4.69, 9.17) is 10.8 Å². The number of urea groups is 1. The second-order valence-corrected chi connectivity index (χ2v) is 5.53. The maximum absolute atomic E-state index is 12.2. The van der Waals surface area contributed by atoms with Gasteiger partial charge in [0.2, 0.25) is 5.91 Å². The molecule has 7 heteroatoms. The van der Waals surface area contributed by atoms with Gasteiger partial charge in [-0.1, -0.05) is 26.7 Å². The van der Waals surface area contributed by atoms with Gasteiger partial charge in [-0.05, 0) is 18.8 Å². The van der Waals surface area contributed by atoms with E-state index in [1.54, 1.807) is 13.8 Å². The second-order valence-electron chi connectivity index (χ2n) is 5.53. The van der Waals surface area contributed by atoms with E-state index in [2.05, 4.69) is 5.32 Å². The molecule has 1 unspecified atom stereocenters. The first kappa shape index (κ1) is 16.3. The van der Waals surface area contributed by atoms with Crippen molar-refractivity contribution >= 4 is 17.9 Å². The Bertz CT molecular complexity index is 378. The molecule has 0 bridgehead atoms. The van der Waals surface area contributed by atoms with Gasteiger partial charge in [0.05, 0.1) is 0 Å². The number of nitrogens with one attached hydrogen (secondary N) is 1. The standard InChI is InChI=1S/C13H23N3O4/c1-8(2)11(12(14)19)15-13(20)16(7-10(17)18)9-5-3-4-6-9/h8-9,11H,3-7H2,1-2H3,(H2,14,19)(H,15,20)(H,17,18). The van der Waals surface area contributed by atoms with Crippen LogP contribution in [0.25, 0.3) is 0 Å². The number of aliphatic carboxylic acids is 1. The number of primary amides is 1. The molecule has 0 aliphatic heterocycles. The summed E-state index contributed by atoms with van der Waals surface area (Å²) in [6.07, 6.45) is 3.56. The Morgan fingerprint density at radius 1 is 1.30 bits per heavy atom. The first-order valence-corrected chi connectivity index (χ1v) is 6.91. The Morgan fingerprint density at radius 2 is 1.85 bits per heavy atom. The minimum absolute atomic E-state index is 0.0770. The van der Waals surface area contributed by atoms with E-state index >= 15 is 0 Å². The molecule has 1 rings (SSSR count). The molecule has 0 saturated heterocycles. The second kappa shape index (κ2) is 7.12. The molecule has 0 spiro atoms. The predicted molar refractivity (Wildman–Crippen MR) is 72.9 cm³/mol. The maximum Gasteiger partial charge on any atom is 0.323 e. The number of carboxylic acids is 1. The van der Waals surface area contributed by atoms with E-state index in [0.29, 0.717) is 0 Å². The van der Waals surface area contributed by atoms with Gasteiger partial charge in [-0.25, -0.2) is 4.79 Å². The van der Waals surface area contributed by atoms with Crippen LogP contribution in [0.1, 0.15) is 39.5 Å². The molecule has 1 aliphatic rings. The third-order valence-corrected chi connectivity index (χ3v) is 3.58. The normalized spacial score (nSPS) is 16.9. The molecule has 1 aliphatic carbocycles. The molecule has 4 N–H and O–H groups in total. The number of amides is 3. The number of carbonyl (C=O) groups excluding carboxylic acids is 2. The summed E-state index contributed by atoms with van der Waals surface area (Å²) in [4.78, 5) is 35.8. The zero-order valence-corrected chi connectivity index (χ0v) is 12.0. The predicted octanol–water partition coefficient (Wildman–Crippen LogP) is 0.535. The lowest BCUT2D eigenvalue weighted by atomic mass is 10.0. The number of carbonyl (C=O) groups is 3. The highest BCUT2D eigenvalue weighted by Gasteiger charge is 2.31. The molecular formula is C13H23N3O4. The zero-order chi connectivity index (χ0) is 15.3. The van der Waals surface area contributed by atoms with Gasteiger partial charge in [0.15, 0.2) is 0 Å². The maximum atomic E-state index is 12.2. The van der Waals surface area contributed by atoms with Crippen LogP contribution in [0.3, 0.4) is 0 Å². The van der Waals surface area contributed by atoms with Gasteiger partial charge in [-0.2, -0.15) is 0 Å². The largest absolute Gasteiger partial charge is 0.480 e. The Morgan fingerprint density at radius 3 is 2.25 bits per heavy atom. The van der Waals surface area contributed by atoms with Crippen LogP contribution < -0.4 is 11.1 Å². The van der Waals surface area contributed by atoms with E-state index in [1.165, 1.54) is 4.90 Å². The van der Waals surface area contributed by atoms with Gasteiger partial charge in [-0.3, -0.25) is 9.59 Å².